The number of nitrogens with zero attached hydrogens (tertiary/aromatic N) is 1. The molecule has 1 aliphatic rings. The highest BCUT2D eigenvalue weighted by Crippen LogP contribution is 2.37. The average Bonchev–Trinajstić information content (AvgIpc) is 2.82. The number of nitrogen functional groups attached to an aromatic ring is 1. The Morgan fingerprint density at radius 1 is 1.15 bits per heavy atom. The van der Waals surface area contributed by atoms with Crippen molar-refractivity contribution in [3.8, 4) is 0 Å². The number of carbonyl (C=O) groups excluding carboxylic acids is 2. The van der Waals surface area contributed by atoms with Gasteiger partial charge in [-0.1, -0.05) is 18.2 Å². The molecule has 0 bridgehead atoms. The van der Waals surface area contributed by atoms with E-state index in [2.05, 4.69) is 0 Å². The van der Waals surface area contributed by atoms with Crippen LogP contribution in [0.15, 0.2) is 48.5 Å². The summed E-state index contributed by atoms with van der Waals surface area (Å²) in [5, 5.41) is 0. The second-order valence-electron chi connectivity index (χ2n) is 6.49. The van der Waals surface area contributed by atoms with Crippen molar-refractivity contribution in [3.05, 3.63) is 59.7 Å². The van der Waals surface area contributed by atoms with Crippen LogP contribution in [-0.4, -0.2) is 25.0 Å². The number of rotatable bonds is 4. The predicted octanol–water partition coefficient (Wildman–Crippen LogP) is 3.75. The Morgan fingerprint density at radius 3 is 2.62 bits per heavy atom. The molecule has 1 aliphatic heterocycles. The summed E-state index contributed by atoms with van der Waals surface area (Å²) in [5.74, 6) is -0.172. The van der Waals surface area contributed by atoms with Crippen LogP contribution in [0.1, 0.15) is 48.0 Å². The van der Waals surface area contributed by atoms with E-state index in [9.17, 15) is 9.59 Å². The zero-order valence-electron chi connectivity index (χ0n) is 15.0. The Balaban J connectivity index is 1.91. The SMILES string of the molecule is CCOC(=O)CC1CCCN(C(=O)c2ccc(N)cc2)c2ccccc21. The molecule has 5 heteroatoms. The third-order valence-corrected chi connectivity index (χ3v) is 4.72. The highest BCUT2D eigenvalue weighted by molar-refractivity contribution is 6.06. The Bertz CT molecular complexity index is 786. The van der Waals surface area contributed by atoms with Gasteiger partial charge in [0.2, 0.25) is 0 Å². The average molecular weight is 352 g/mol. The normalized spacial score (nSPS) is 16.5. The van der Waals surface area contributed by atoms with Gasteiger partial charge in [-0.15, -0.1) is 0 Å². The van der Waals surface area contributed by atoms with Crippen LogP contribution in [0.4, 0.5) is 11.4 Å². The number of fused-ring (bicyclic) bond motifs is 1. The number of hydrogen-bond donors (Lipinski definition) is 1. The molecule has 1 unspecified atom stereocenters. The van der Waals surface area contributed by atoms with Gasteiger partial charge in [-0.2, -0.15) is 0 Å². The van der Waals surface area contributed by atoms with Crippen molar-refractivity contribution in [2.24, 2.45) is 0 Å². The summed E-state index contributed by atoms with van der Waals surface area (Å²) in [5.41, 5.74) is 8.87. The van der Waals surface area contributed by atoms with Gasteiger partial charge in [0, 0.05) is 23.5 Å². The zero-order valence-corrected chi connectivity index (χ0v) is 15.0. The molecule has 0 radical (unpaired) electrons. The standard InChI is InChI=1S/C21H24N2O3/c1-2-26-20(24)14-16-6-5-13-23(19-8-4-3-7-18(16)19)21(25)15-9-11-17(22)12-10-15/h3-4,7-12,16H,2,5-6,13-14,22H2,1H3. The zero-order chi connectivity index (χ0) is 18.5. The molecule has 0 aliphatic carbocycles. The van der Waals surface area contributed by atoms with Gasteiger partial charge in [0.05, 0.1) is 13.0 Å². The Kier molecular flexibility index (Phi) is 5.56. The van der Waals surface area contributed by atoms with Crippen molar-refractivity contribution in [2.45, 2.75) is 32.1 Å². The molecule has 26 heavy (non-hydrogen) atoms. The number of esters is 1. The van der Waals surface area contributed by atoms with E-state index in [-0.39, 0.29) is 17.8 Å². The summed E-state index contributed by atoms with van der Waals surface area (Å²) >= 11 is 0. The third kappa shape index (κ3) is 3.87. The van der Waals surface area contributed by atoms with Crippen LogP contribution in [0, 0.1) is 0 Å². The number of nitrogens with two attached hydrogens (primary N) is 1. The van der Waals surface area contributed by atoms with Crippen LogP contribution >= 0.6 is 0 Å². The Morgan fingerprint density at radius 2 is 1.88 bits per heavy atom. The molecular weight excluding hydrogens is 328 g/mol. The summed E-state index contributed by atoms with van der Waals surface area (Å²) in [7, 11) is 0. The highest BCUT2D eigenvalue weighted by Gasteiger charge is 2.28. The van der Waals surface area contributed by atoms with Crippen molar-refractivity contribution >= 4 is 23.3 Å². The molecular formula is C21H24N2O3. The molecule has 0 aromatic heterocycles. The van der Waals surface area contributed by atoms with Crippen LogP contribution in [0.25, 0.3) is 0 Å². The predicted molar refractivity (Wildman–Crippen MR) is 102 cm³/mol. The molecule has 3 rings (SSSR count). The summed E-state index contributed by atoms with van der Waals surface area (Å²) < 4.78 is 5.12. The molecule has 136 valence electrons. The van der Waals surface area contributed by atoms with Crippen LogP contribution < -0.4 is 10.6 Å². The van der Waals surface area contributed by atoms with Gasteiger partial charge < -0.3 is 15.4 Å². The van der Waals surface area contributed by atoms with Crippen molar-refractivity contribution < 1.29 is 14.3 Å². The van der Waals surface area contributed by atoms with Crippen molar-refractivity contribution in [1.82, 2.24) is 0 Å². The fourth-order valence-corrected chi connectivity index (χ4v) is 3.48. The summed E-state index contributed by atoms with van der Waals surface area (Å²) in [6.45, 7) is 2.82. The van der Waals surface area contributed by atoms with E-state index in [4.69, 9.17) is 10.5 Å². The van der Waals surface area contributed by atoms with Gasteiger partial charge in [-0.3, -0.25) is 9.59 Å². The number of ether oxygens (including phenoxy) is 1. The van der Waals surface area contributed by atoms with Crippen LogP contribution in [0.5, 0.6) is 0 Å². The van der Waals surface area contributed by atoms with Gasteiger partial charge in [0.25, 0.3) is 5.91 Å². The molecule has 0 saturated heterocycles. The largest absolute Gasteiger partial charge is 0.466 e. The maximum absolute atomic E-state index is 13.1. The Hall–Kier alpha value is -2.82. The molecule has 1 amide bonds. The lowest BCUT2D eigenvalue weighted by molar-refractivity contribution is -0.143. The lowest BCUT2D eigenvalue weighted by atomic mass is 9.91. The van der Waals surface area contributed by atoms with E-state index in [1.807, 2.05) is 36.1 Å². The summed E-state index contributed by atoms with van der Waals surface area (Å²) in [6.07, 6.45) is 2.02. The van der Waals surface area contributed by atoms with E-state index >= 15 is 0 Å². The first kappa shape index (κ1) is 18.0. The van der Waals surface area contributed by atoms with Crippen LogP contribution in [0.3, 0.4) is 0 Å². The number of amides is 1. The third-order valence-electron chi connectivity index (χ3n) is 4.72. The minimum atomic E-state index is -0.189. The topological polar surface area (TPSA) is 72.6 Å². The van der Waals surface area contributed by atoms with Gasteiger partial charge in [0.15, 0.2) is 0 Å². The molecule has 0 spiro atoms. The van der Waals surface area contributed by atoms with Gasteiger partial charge in [-0.05, 0) is 61.6 Å². The Labute approximate surface area is 153 Å². The summed E-state index contributed by atoms with van der Waals surface area (Å²) in [4.78, 5) is 26.9. The van der Waals surface area contributed by atoms with E-state index in [0.717, 1.165) is 24.1 Å². The highest BCUT2D eigenvalue weighted by atomic mass is 16.5. The molecule has 0 fully saturated rings. The first-order chi connectivity index (χ1) is 12.6. The molecule has 2 aromatic rings. The number of para-hydroxylation sites is 1. The lowest BCUT2D eigenvalue weighted by Gasteiger charge is -2.24. The molecule has 2 N–H and O–H groups in total. The summed E-state index contributed by atoms with van der Waals surface area (Å²) in [6, 6.07) is 14.8. The number of benzene rings is 2. The fourth-order valence-electron chi connectivity index (χ4n) is 3.48. The van der Waals surface area contributed by atoms with Crippen molar-refractivity contribution in [2.75, 3.05) is 23.8 Å². The number of hydrogen-bond acceptors (Lipinski definition) is 4. The molecule has 0 saturated carbocycles. The minimum absolute atomic E-state index is 0.0470. The first-order valence-electron chi connectivity index (χ1n) is 9.02. The maximum atomic E-state index is 13.1. The van der Waals surface area contributed by atoms with Gasteiger partial charge in [0.1, 0.15) is 0 Å². The molecule has 2 aromatic carbocycles. The van der Waals surface area contributed by atoms with E-state index in [0.29, 0.717) is 30.8 Å². The van der Waals surface area contributed by atoms with Gasteiger partial charge in [-0.25, -0.2) is 0 Å². The van der Waals surface area contributed by atoms with Crippen molar-refractivity contribution in [3.63, 3.8) is 0 Å². The fraction of sp³-hybridized carbons (Fsp3) is 0.333. The molecule has 1 atom stereocenters. The van der Waals surface area contributed by atoms with E-state index < -0.39 is 0 Å². The second kappa shape index (κ2) is 8.04. The first-order valence-corrected chi connectivity index (χ1v) is 9.02. The van der Waals surface area contributed by atoms with Crippen LogP contribution in [-0.2, 0) is 9.53 Å². The maximum Gasteiger partial charge on any atom is 0.306 e. The smallest absolute Gasteiger partial charge is 0.306 e. The second-order valence-corrected chi connectivity index (χ2v) is 6.49. The molecule has 5 nitrogen and oxygen atoms in total. The van der Waals surface area contributed by atoms with Crippen LogP contribution in [0.2, 0.25) is 0 Å². The van der Waals surface area contributed by atoms with Crippen molar-refractivity contribution in [1.29, 1.82) is 0 Å². The van der Waals surface area contributed by atoms with Gasteiger partial charge >= 0.3 is 5.97 Å². The monoisotopic (exact) mass is 352 g/mol. The lowest BCUT2D eigenvalue weighted by Crippen LogP contribution is -2.31. The quantitative estimate of drug-likeness (QED) is 0.672. The molecule has 1 heterocycles. The number of anilines is 2. The minimum Gasteiger partial charge on any atom is -0.466 e. The van der Waals surface area contributed by atoms with E-state index in [1.165, 1.54) is 0 Å². The number of carbonyl (C=O) groups is 2. The van der Waals surface area contributed by atoms with E-state index in [1.54, 1.807) is 24.3 Å².